The van der Waals surface area contributed by atoms with Crippen LogP contribution in [0.15, 0.2) is 27.8 Å². The van der Waals surface area contributed by atoms with Crippen LogP contribution in [0.5, 0.6) is 0 Å². The molecule has 0 aliphatic heterocycles. The Labute approximate surface area is 178 Å². The van der Waals surface area contributed by atoms with Gasteiger partial charge in [0, 0.05) is 24.1 Å². The summed E-state index contributed by atoms with van der Waals surface area (Å²) in [5.74, 6) is -0.135. The highest BCUT2D eigenvalue weighted by atomic mass is 16.5. The number of esters is 1. The smallest absolute Gasteiger partial charge is 0.333 e. The number of aryl methyl sites for hydroxylation is 4. The van der Waals surface area contributed by atoms with Crippen molar-refractivity contribution in [3.63, 3.8) is 0 Å². The zero-order valence-corrected chi connectivity index (χ0v) is 18.7. The Kier molecular flexibility index (Phi) is 4.64. The van der Waals surface area contributed by atoms with Crippen LogP contribution < -0.4 is 11.2 Å². The lowest BCUT2D eigenvalue weighted by Crippen LogP contribution is -2.43. The van der Waals surface area contributed by atoms with Crippen LogP contribution in [0, 0.1) is 27.7 Å². The number of aromatic nitrogens is 5. The minimum absolute atomic E-state index is 0.246. The maximum atomic E-state index is 13.4. The predicted octanol–water partition coefficient (Wildman–Crippen LogP) is 2.11. The molecule has 0 aliphatic carbocycles. The fourth-order valence-electron chi connectivity index (χ4n) is 4.01. The molecule has 0 amide bonds. The van der Waals surface area contributed by atoms with Gasteiger partial charge in [0.15, 0.2) is 11.2 Å². The zero-order valence-electron chi connectivity index (χ0n) is 18.7. The topological polar surface area (TPSA) is 92.5 Å². The monoisotopic (exact) mass is 423 g/mol. The number of ether oxygens (including phenoxy) is 1. The number of methoxy groups -OCH3 is 1. The maximum absolute atomic E-state index is 13.4. The number of nitrogens with zero attached hydrogens (tertiary/aromatic N) is 5. The molecule has 0 spiro atoms. The van der Waals surface area contributed by atoms with Crippen molar-refractivity contribution in [1.82, 2.24) is 23.1 Å². The van der Waals surface area contributed by atoms with Crippen molar-refractivity contribution in [3.05, 3.63) is 61.6 Å². The highest BCUT2D eigenvalue weighted by Crippen LogP contribution is 2.25. The SMILES string of the molecule is COC(=O)[C@@H](C)n1c(=O)c2c(nc3n(-c4ccc(C)c(C)c4)c(C)c(C)n23)n(C)c1=O. The van der Waals surface area contributed by atoms with E-state index in [4.69, 9.17) is 4.74 Å². The molecule has 0 saturated heterocycles. The summed E-state index contributed by atoms with van der Waals surface area (Å²) in [5, 5.41) is 0. The summed E-state index contributed by atoms with van der Waals surface area (Å²) < 4.78 is 10.7. The largest absolute Gasteiger partial charge is 0.467 e. The van der Waals surface area contributed by atoms with Crippen LogP contribution in [0.25, 0.3) is 22.6 Å². The van der Waals surface area contributed by atoms with Crippen LogP contribution >= 0.6 is 0 Å². The summed E-state index contributed by atoms with van der Waals surface area (Å²) in [6.45, 7) is 9.42. The summed E-state index contributed by atoms with van der Waals surface area (Å²) >= 11 is 0. The van der Waals surface area contributed by atoms with Gasteiger partial charge in [0.25, 0.3) is 5.56 Å². The van der Waals surface area contributed by atoms with Gasteiger partial charge in [0.2, 0.25) is 5.78 Å². The van der Waals surface area contributed by atoms with Crippen LogP contribution in [0.3, 0.4) is 0 Å². The van der Waals surface area contributed by atoms with E-state index in [9.17, 15) is 14.4 Å². The second-order valence-electron chi connectivity index (χ2n) is 7.91. The molecule has 9 heteroatoms. The summed E-state index contributed by atoms with van der Waals surface area (Å²) in [6, 6.07) is 5.05. The number of hydrogen-bond acceptors (Lipinski definition) is 5. The van der Waals surface area contributed by atoms with Gasteiger partial charge in [-0.25, -0.2) is 14.2 Å². The summed E-state index contributed by atoms with van der Waals surface area (Å²) in [6.07, 6.45) is 0. The van der Waals surface area contributed by atoms with Crippen molar-refractivity contribution in [3.8, 4) is 5.69 Å². The molecule has 0 saturated carbocycles. The molecule has 4 rings (SSSR count). The lowest BCUT2D eigenvalue weighted by Gasteiger charge is -2.13. The van der Waals surface area contributed by atoms with E-state index >= 15 is 0 Å². The van der Waals surface area contributed by atoms with Gasteiger partial charge in [-0.1, -0.05) is 6.07 Å². The Morgan fingerprint density at radius 2 is 1.74 bits per heavy atom. The average molecular weight is 423 g/mol. The van der Waals surface area contributed by atoms with Gasteiger partial charge < -0.3 is 4.74 Å². The molecule has 0 aliphatic rings. The highest BCUT2D eigenvalue weighted by molar-refractivity contribution is 5.78. The Morgan fingerprint density at radius 1 is 1.06 bits per heavy atom. The molecular weight excluding hydrogens is 398 g/mol. The summed E-state index contributed by atoms with van der Waals surface area (Å²) in [7, 11) is 2.76. The van der Waals surface area contributed by atoms with Gasteiger partial charge in [0.05, 0.1) is 7.11 Å². The molecule has 1 aromatic carbocycles. The predicted molar refractivity (Wildman–Crippen MR) is 117 cm³/mol. The number of carbonyl (C=O) groups is 1. The van der Waals surface area contributed by atoms with Crippen LogP contribution in [0.4, 0.5) is 0 Å². The van der Waals surface area contributed by atoms with Crippen LogP contribution in [0.1, 0.15) is 35.5 Å². The van der Waals surface area contributed by atoms with Crippen molar-refractivity contribution < 1.29 is 9.53 Å². The van der Waals surface area contributed by atoms with E-state index in [1.165, 1.54) is 24.2 Å². The van der Waals surface area contributed by atoms with E-state index in [0.29, 0.717) is 5.78 Å². The number of hydrogen-bond donors (Lipinski definition) is 0. The number of imidazole rings is 2. The van der Waals surface area contributed by atoms with Gasteiger partial charge in [0.1, 0.15) is 6.04 Å². The molecule has 0 unspecified atom stereocenters. The Balaban J connectivity index is 2.16. The van der Waals surface area contributed by atoms with E-state index < -0.39 is 23.3 Å². The molecule has 31 heavy (non-hydrogen) atoms. The zero-order chi connectivity index (χ0) is 22.8. The van der Waals surface area contributed by atoms with Crippen molar-refractivity contribution >= 4 is 22.9 Å². The minimum atomic E-state index is -1.06. The number of rotatable bonds is 3. The molecule has 0 bridgehead atoms. The number of carbonyl (C=O) groups excluding carboxylic acids is 1. The normalized spacial score (nSPS) is 12.6. The Morgan fingerprint density at radius 3 is 2.35 bits per heavy atom. The van der Waals surface area contributed by atoms with Crippen LogP contribution in [-0.4, -0.2) is 36.2 Å². The molecule has 0 fully saturated rings. The van der Waals surface area contributed by atoms with Gasteiger partial charge >= 0.3 is 11.7 Å². The molecule has 1 atom stereocenters. The number of benzene rings is 1. The first-order valence-corrected chi connectivity index (χ1v) is 9.97. The van der Waals surface area contributed by atoms with Gasteiger partial charge in [-0.15, -0.1) is 0 Å². The highest BCUT2D eigenvalue weighted by Gasteiger charge is 2.27. The molecule has 3 heterocycles. The minimum Gasteiger partial charge on any atom is -0.467 e. The maximum Gasteiger partial charge on any atom is 0.333 e. The van der Waals surface area contributed by atoms with Gasteiger partial charge in [-0.3, -0.25) is 18.3 Å². The quantitative estimate of drug-likeness (QED) is 0.471. The Hall–Kier alpha value is -3.62. The lowest BCUT2D eigenvalue weighted by atomic mass is 10.1. The molecule has 162 valence electrons. The molecule has 0 N–H and O–H groups in total. The van der Waals surface area contributed by atoms with Crippen molar-refractivity contribution in [2.24, 2.45) is 7.05 Å². The van der Waals surface area contributed by atoms with E-state index in [1.54, 1.807) is 11.4 Å². The van der Waals surface area contributed by atoms with Crippen LogP contribution in [0.2, 0.25) is 0 Å². The van der Waals surface area contributed by atoms with E-state index in [2.05, 4.69) is 11.1 Å². The van der Waals surface area contributed by atoms with Gasteiger partial charge in [-0.2, -0.15) is 4.98 Å². The first-order chi connectivity index (χ1) is 14.6. The van der Waals surface area contributed by atoms with Gasteiger partial charge in [-0.05, 0) is 57.9 Å². The van der Waals surface area contributed by atoms with Crippen molar-refractivity contribution in [1.29, 1.82) is 0 Å². The summed E-state index contributed by atoms with van der Waals surface area (Å²) in [4.78, 5) is 43.1. The van der Waals surface area contributed by atoms with E-state index in [0.717, 1.165) is 27.2 Å². The standard InChI is InChI=1S/C22H25N5O4/c1-11-8-9-16(10-12(11)2)25-13(3)14(4)26-17-18(23-21(25)26)24(6)22(30)27(19(17)28)15(5)20(29)31-7/h8-10,15H,1-7H3/t15-/m1/s1. The molecule has 4 aromatic rings. The van der Waals surface area contributed by atoms with Crippen molar-refractivity contribution in [2.75, 3.05) is 7.11 Å². The second kappa shape index (κ2) is 6.97. The molecular formula is C22H25N5O4. The number of fused-ring (bicyclic) bond motifs is 3. The third-order valence-electron chi connectivity index (χ3n) is 6.15. The third-order valence-corrected chi connectivity index (χ3v) is 6.15. The molecule has 0 radical (unpaired) electrons. The fourth-order valence-corrected chi connectivity index (χ4v) is 4.01. The fraction of sp³-hybridized carbons (Fsp3) is 0.364. The third kappa shape index (κ3) is 2.76. The average Bonchev–Trinajstić information content (AvgIpc) is 3.23. The van der Waals surface area contributed by atoms with E-state index in [-0.39, 0.29) is 11.2 Å². The summed E-state index contributed by atoms with van der Waals surface area (Å²) in [5.41, 5.74) is 4.29. The Bertz CT molecular complexity index is 1500. The first kappa shape index (κ1) is 20.6. The molecule has 3 aromatic heterocycles. The van der Waals surface area contributed by atoms with Crippen LogP contribution in [-0.2, 0) is 16.6 Å². The first-order valence-electron chi connectivity index (χ1n) is 9.97. The molecule has 9 nitrogen and oxygen atoms in total. The lowest BCUT2D eigenvalue weighted by molar-refractivity contribution is -0.144. The second-order valence-corrected chi connectivity index (χ2v) is 7.91. The van der Waals surface area contributed by atoms with E-state index in [1.807, 2.05) is 44.4 Å². The van der Waals surface area contributed by atoms with Crippen molar-refractivity contribution in [2.45, 2.75) is 40.7 Å².